The van der Waals surface area contributed by atoms with Crippen molar-refractivity contribution < 1.29 is 12.6 Å². The van der Waals surface area contributed by atoms with Crippen LogP contribution in [0.4, 0.5) is 0 Å². The van der Waals surface area contributed by atoms with Crippen LogP contribution in [0.1, 0.15) is 146 Å². The summed E-state index contributed by atoms with van der Waals surface area (Å²) in [7, 11) is 0. The Kier molecular flexibility index (Phi) is 8.94. The van der Waals surface area contributed by atoms with Gasteiger partial charge in [-0.25, -0.2) is 4.98 Å². The fourth-order valence-electron chi connectivity index (χ4n) is 10.2. The van der Waals surface area contributed by atoms with Crippen LogP contribution in [-0.2, 0) is 0 Å². The smallest absolute Gasteiger partial charge is 0.149 e. The quantitative estimate of drug-likeness (QED) is 0.135. The lowest BCUT2D eigenvalue weighted by atomic mass is 9.80. The fourth-order valence-corrected chi connectivity index (χ4v) is 10.2. The minimum absolute atomic E-state index is 0.0417. The van der Waals surface area contributed by atoms with E-state index in [1.54, 1.807) is 12.1 Å². The minimum atomic E-state index is -2.45. The first-order chi connectivity index (χ1) is 33.6. The highest BCUT2D eigenvalue weighted by molar-refractivity contribution is 6.17. The summed E-state index contributed by atoms with van der Waals surface area (Å²) in [4.78, 5) is 5.35. The van der Waals surface area contributed by atoms with E-state index in [0.29, 0.717) is 33.9 Å². The summed E-state index contributed by atoms with van der Waals surface area (Å²) < 4.78 is 62.7. The van der Waals surface area contributed by atoms with Crippen LogP contribution < -0.4 is 0 Å². The molecule has 0 radical (unpaired) electrons. The molecule has 0 saturated heterocycles. The van der Waals surface area contributed by atoms with Crippen LogP contribution in [0.3, 0.4) is 0 Å². The number of fused-ring (bicyclic) bond motifs is 7. The van der Waals surface area contributed by atoms with E-state index in [2.05, 4.69) is 159 Å². The predicted molar refractivity (Wildman–Crippen MR) is 280 cm³/mol. The number of aromatic nitrogens is 2. The molecule has 3 nitrogen and oxygen atoms in total. The van der Waals surface area contributed by atoms with Crippen LogP contribution in [-0.4, -0.2) is 9.55 Å². The molecule has 0 spiro atoms. The molecule has 0 aliphatic carbocycles. The molecule has 0 N–H and O–H groups in total. The number of benzene rings is 8. The van der Waals surface area contributed by atoms with Gasteiger partial charge in [0.05, 0.1) is 22.3 Å². The molecular weight excluding hydrogens is 789 g/mol. The Hall–Kier alpha value is -6.45. The van der Waals surface area contributed by atoms with Gasteiger partial charge in [0.25, 0.3) is 0 Å². The number of para-hydroxylation sites is 2. The summed E-state index contributed by atoms with van der Waals surface area (Å²) in [5, 5.41) is 6.46. The lowest BCUT2D eigenvalue weighted by Crippen LogP contribution is -2.10. The minimum Gasteiger partial charge on any atom is -0.455 e. The van der Waals surface area contributed by atoms with Crippen LogP contribution >= 0.6 is 0 Å². The van der Waals surface area contributed by atoms with Gasteiger partial charge in [-0.3, -0.25) is 4.57 Å². The molecule has 8 aromatic carbocycles. The number of hydrogen-bond acceptors (Lipinski definition) is 2. The Morgan fingerprint density at radius 2 is 1.15 bits per heavy atom. The molecule has 65 heavy (non-hydrogen) atoms. The van der Waals surface area contributed by atoms with Crippen LogP contribution in [0.25, 0.3) is 93.8 Å². The molecule has 326 valence electrons. The molecule has 0 amide bonds. The van der Waals surface area contributed by atoms with Crippen molar-refractivity contribution in [1.29, 1.82) is 0 Å². The number of imidazole rings is 1. The molecule has 10 rings (SSSR count). The van der Waals surface area contributed by atoms with Crippen molar-refractivity contribution in [2.75, 3.05) is 0 Å². The van der Waals surface area contributed by atoms with Crippen molar-refractivity contribution >= 4 is 54.5 Å². The molecule has 0 bridgehead atoms. The first kappa shape index (κ1) is 35.8. The maximum absolute atomic E-state index is 9.02. The van der Waals surface area contributed by atoms with Gasteiger partial charge >= 0.3 is 0 Å². The van der Waals surface area contributed by atoms with Crippen molar-refractivity contribution in [3.63, 3.8) is 0 Å². The molecule has 2 heterocycles. The van der Waals surface area contributed by atoms with Crippen LogP contribution in [0.2, 0.25) is 0 Å². The molecule has 0 aliphatic heterocycles. The van der Waals surface area contributed by atoms with Gasteiger partial charge in [0.1, 0.15) is 17.0 Å². The standard InChI is InChI=1S/C62H62N2O/c1-34(2)44-29-50(35(3)4)58(51(30-44)36(5)6)46-26-25-42(27-40(46)12)45-31-52(37(7)8)60(53(32-45)38(9)10)64-59-39(11)17-15-22-56(59)63-62(64)49-21-16-20-48-55-28-43-24-23-41-18-13-14-19-47(41)54(43)33-57(55)65-61(48)49/h13-38H,1-12H3/i11D3,12D3. The second-order valence-electron chi connectivity index (χ2n) is 19.7. The molecule has 0 aliphatic rings. The Balaban J connectivity index is 1.24. The number of aryl methyl sites for hydroxylation is 2. The van der Waals surface area contributed by atoms with Crippen LogP contribution in [0.15, 0.2) is 132 Å². The van der Waals surface area contributed by atoms with Crippen molar-refractivity contribution in [1.82, 2.24) is 9.55 Å². The molecule has 2 aromatic heterocycles. The number of rotatable bonds is 9. The molecular formula is C62H62N2O. The fraction of sp³-hybridized carbons (Fsp3) is 0.274. The first-order valence-corrected chi connectivity index (χ1v) is 23.4. The zero-order chi connectivity index (χ0) is 50.6. The normalized spacial score (nSPS) is 14.1. The Morgan fingerprint density at radius 1 is 0.492 bits per heavy atom. The molecule has 10 aromatic rings. The van der Waals surface area contributed by atoms with E-state index in [4.69, 9.17) is 17.6 Å². The Labute approximate surface area is 393 Å². The summed E-state index contributed by atoms with van der Waals surface area (Å²) in [5.41, 5.74) is 13.6. The SMILES string of the molecule is [2H]C([2H])([2H])c1cc(-c2cc(C(C)C)c(-n3c(-c4cccc5c4oc4cc6c(ccc7ccccc76)cc45)nc4cccc(C([2H])([2H])[2H])c43)c(C(C)C)c2)ccc1-c1c(C(C)C)cc(C(C)C)cc1C(C)C. The van der Waals surface area contributed by atoms with E-state index in [9.17, 15) is 0 Å². The summed E-state index contributed by atoms with van der Waals surface area (Å²) in [6, 6.07) is 43.4. The highest BCUT2D eigenvalue weighted by Gasteiger charge is 2.27. The summed E-state index contributed by atoms with van der Waals surface area (Å²) >= 11 is 0. The van der Waals surface area contributed by atoms with Crippen molar-refractivity contribution in [3.8, 4) is 39.3 Å². The van der Waals surface area contributed by atoms with Crippen molar-refractivity contribution in [2.24, 2.45) is 0 Å². The number of furan rings is 1. The van der Waals surface area contributed by atoms with Crippen molar-refractivity contribution in [2.45, 2.75) is 113 Å². The maximum Gasteiger partial charge on any atom is 0.149 e. The van der Waals surface area contributed by atoms with Crippen LogP contribution in [0.5, 0.6) is 0 Å². The second kappa shape index (κ2) is 16.2. The predicted octanol–water partition coefficient (Wildman–Crippen LogP) is 18.5. The lowest BCUT2D eigenvalue weighted by molar-refractivity contribution is 0.670. The van der Waals surface area contributed by atoms with Gasteiger partial charge in [-0.1, -0.05) is 160 Å². The Bertz CT molecular complexity index is 3670. The van der Waals surface area contributed by atoms with Crippen molar-refractivity contribution in [3.05, 3.63) is 166 Å². The summed E-state index contributed by atoms with van der Waals surface area (Å²) in [5.74, 6) is 1.17. The number of hydrogen-bond donors (Lipinski definition) is 0. The van der Waals surface area contributed by atoms with Gasteiger partial charge in [0.2, 0.25) is 0 Å². The van der Waals surface area contributed by atoms with E-state index in [-0.39, 0.29) is 29.2 Å². The van der Waals surface area contributed by atoms with Gasteiger partial charge in [-0.15, -0.1) is 0 Å². The van der Waals surface area contributed by atoms with E-state index in [1.807, 2.05) is 30.3 Å². The van der Waals surface area contributed by atoms with E-state index in [0.717, 1.165) is 93.7 Å². The highest BCUT2D eigenvalue weighted by Crippen LogP contribution is 2.46. The molecule has 0 unspecified atom stereocenters. The first-order valence-electron chi connectivity index (χ1n) is 26.4. The second-order valence-corrected chi connectivity index (χ2v) is 19.7. The summed E-state index contributed by atoms with van der Waals surface area (Å²) in [6.45, 7) is 16.9. The highest BCUT2D eigenvalue weighted by atomic mass is 16.3. The van der Waals surface area contributed by atoms with E-state index in [1.165, 1.54) is 5.56 Å². The van der Waals surface area contributed by atoms with E-state index >= 15 is 0 Å². The third-order valence-electron chi connectivity index (χ3n) is 13.7. The molecule has 0 fully saturated rings. The van der Waals surface area contributed by atoms with Gasteiger partial charge in [0, 0.05) is 19.0 Å². The zero-order valence-corrected chi connectivity index (χ0v) is 39.3. The topological polar surface area (TPSA) is 31.0 Å². The van der Waals surface area contributed by atoms with Gasteiger partial charge in [-0.05, 0) is 162 Å². The molecule has 0 atom stereocenters. The third kappa shape index (κ3) is 7.06. The largest absolute Gasteiger partial charge is 0.455 e. The average Bonchev–Trinajstić information content (AvgIpc) is 3.89. The molecule has 3 heteroatoms. The number of nitrogens with zero attached hydrogens (tertiary/aromatic N) is 2. The van der Waals surface area contributed by atoms with E-state index < -0.39 is 13.7 Å². The average molecular weight is 857 g/mol. The third-order valence-corrected chi connectivity index (χ3v) is 13.7. The maximum atomic E-state index is 9.02. The monoisotopic (exact) mass is 857 g/mol. The lowest BCUT2D eigenvalue weighted by Gasteiger charge is -2.26. The molecule has 0 saturated carbocycles. The Morgan fingerprint density at radius 3 is 1.83 bits per heavy atom. The summed E-state index contributed by atoms with van der Waals surface area (Å²) in [6.07, 6.45) is 0. The van der Waals surface area contributed by atoms with Gasteiger partial charge in [-0.2, -0.15) is 0 Å². The van der Waals surface area contributed by atoms with Crippen LogP contribution in [0, 0.1) is 13.7 Å². The van der Waals surface area contributed by atoms with Gasteiger partial charge < -0.3 is 4.42 Å². The van der Waals surface area contributed by atoms with Gasteiger partial charge in [0.15, 0.2) is 0 Å². The zero-order valence-electron chi connectivity index (χ0n) is 45.3.